The highest BCUT2D eigenvalue weighted by Gasteiger charge is 2.20. The number of nitrogens with zero attached hydrogens (tertiary/aromatic N) is 1. The Bertz CT molecular complexity index is 912. The second kappa shape index (κ2) is 6.46. The summed E-state index contributed by atoms with van der Waals surface area (Å²) in [5.41, 5.74) is 0.744. The number of fused-ring (bicyclic) bond motifs is 1. The Hall–Kier alpha value is -1.64. The third kappa shape index (κ3) is 3.06. The van der Waals surface area contributed by atoms with Gasteiger partial charge in [-0.25, -0.2) is 4.98 Å². The SMILES string of the molecule is CCc1sc2nc(SC(C)C(=O)O)[nH]c(=O)c2c1-c1cccs1. The monoisotopic (exact) mass is 366 g/mol. The Morgan fingerprint density at radius 2 is 2.30 bits per heavy atom. The molecule has 0 radical (unpaired) electrons. The minimum Gasteiger partial charge on any atom is -0.480 e. The number of hydrogen-bond donors (Lipinski definition) is 2. The number of rotatable bonds is 5. The van der Waals surface area contributed by atoms with Crippen LogP contribution in [0.2, 0.25) is 0 Å². The molecule has 0 aromatic carbocycles. The van der Waals surface area contributed by atoms with Crippen molar-refractivity contribution in [2.24, 2.45) is 0 Å². The fourth-order valence-corrected chi connectivity index (χ4v) is 5.02. The zero-order valence-electron chi connectivity index (χ0n) is 12.5. The molecule has 1 unspecified atom stereocenters. The van der Waals surface area contributed by atoms with Crippen LogP contribution in [-0.4, -0.2) is 26.3 Å². The van der Waals surface area contributed by atoms with Gasteiger partial charge in [0.1, 0.15) is 10.1 Å². The third-order valence-corrected chi connectivity index (χ3v) is 6.43. The number of carboxylic acid groups (broad SMARTS) is 1. The molecule has 5 nitrogen and oxygen atoms in total. The quantitative estimate of drug-likeness (QED) is 0.529. The van der Waals surface area contributed by atoms with E-state index in [4.69, 9.17) is 5.11 Å². The zero-order valence-corrected chi connectivity index (χ0v) is 14.9. The number of carboxylic acids is 1. The van der Waals surface area contributed by atoms with Crippen LogP contribution in [0.15, 0.2) is 27.5 Å². The lowest BCUT2D eigenvalue weighted by atomic mass is 10.1. The van der Waals surface area contributed by atoms with Crippen molar-refractivity contribution >= 4 is 50.6 Å². The lowest BCUT2D eigenvalue weighted by molar-refractivity contribution is -0.136. The van der Waals surface area contributed by atoms with E-state index >= 15 is 0 Å². The molecule has 2 N–H and O–H groups in total. The van der Waals surface area contributed by atoms with Gasteiger partial charge in [-0.2, -0.15) is 0 Å². The molecule has 23 heavy (non-hydrogen) atoms. The van der Waals surface area contributed by atoms with Crippen LogP contribution in [0.3, 0.4) is 0 Å². The van der Waals surface area contributed by atoms with Crippen molar-refractivity contribution in [3.05, 3.63) is 32.7 Å². The number of carbonyl (C=O) groups is 1. The van der Waals surface area contributed by atoms with Crippen molar-refractivity contribution in [2.45, 2.75) is 30.7 Å². The average Bonchev–Trinajstić information content (AvgIpc) is 3.13. The Morgan fingerprint density at radius 3 is 2.91 bits per heavy atom. The second-order valence-corrected chi connectivity index (χ2v) is 8.24. The zero-order chi connectivity index (χ0) is 16.6. The maximum absolute atomic E-state index is 12.6. The van der Waals surface area contributed by atoms with E-state index in [1.807, 2.05) is 17.5 Å². The number of thioether (sulfide) groups is 1. The van der Waals surface area contributed by atoms with Crippen LogP contribution in [0, 0.1) is 0 Å². The number of aliphatic carboxylic acids is 1. The van der Waals surface area contributed by atoms with Gasteiger partial charge >= 0.3 is 5.97 Å². The molecular weight excluding hydrogens is 352 g/mol. The molecular formula is C15H14N2O3S3. The van der Waals surface area contributed by atoms with Crippen molar-refractivity contribution in [1.29, 1.82) is 0 Å². The minimum atomic E-state index is -0.933. The first-order valence-corrected chi connectivity index (χ1v) is 9.57. The minimum absolute atomic E-state index is 0.213. The summed E-state index contributed by atoms with van der Waals surface area (Å²) in [6, 6.07) is 3.96. The molecule has 0 saturated carbocycles. The molecule has 0 amide bonds. The summed E-state index contributed by atoms with van der Waals surface area (Å²) >= 11 is 4.14. The molecule has 3 aromatic rings. The summed E-state index contributed by atoms with van der Waals surface area (Å²) in [5.74, 6) is -0.933. The first-order valence-electron chi connectivity index (χ1n) is 7.00. The maximum Gasteiger partial charge on any atom is 0.316 e. The summed E-state index contributed by atoms with van der Waals surface area (Å²) < 4.78 is 0. The van der Waals surface area contributed by atoms with Crippen LogP contribution in [0.5, 0.6) is 0 Å². The third-order valence-electron chi connectivity index (χ3n) is 3.34. The Morgan fingerprint density at radius 1 is 1.52 bits per heavy atom. The second-order valence-electron chi connectivity index (χ2n) is 4.88. The van der Waals surface area contributed by atoms with Gasteiger partial charge in [-0.3, -0.25) is 9.59 Å². The fourth-order valence-electron chi connectivity index (χ4n) is 2.24. The van der Waals surface area contributed by atoms with Crippen molar-refractivity contribution in [3.63, 3.8) is 0 Å². The number of aromatic amines is 1. The van der Waals surface area contributed by atoms with Crippen LogP contribution in [0.4, 0.5) is 0 Å². The van der Waals surface area contributed by atoms with E-state index in [9.17, 15) is 9.59 Å². The van der Waals surface area contributed by atoms with Gasteiger partial charge in [0.05, 0.1) is 5.39 Å². The Balaban J connectivity index is 2.16. The molecule has 1 atom stereocenters. The van der Waals surface area contributed by atoms with Crippen LogP contribution >= 0.6 is 34.4 Å². The molecule has 0 fully saturated rings. The molecule has 3 rings (SSSR count). The van der Waals surface area contributed by atoms with Gasteiger partial charge in [0.2, 0.25) is 0 Å². The normalized spacial score (nSPS) is 12.6. The molecule has 0 saturated heterocycles. The molecule has 3 heterocycles. The van der Waals surface area contributed by atoms with E-state index in [1.165, 1.54) is 11.3 Å². The van der Waals surface area contributed by atoms with Crippen molar-refractivity contribution < 1.29 is 9.90 Å². The number of thiophene rings is 2. The first-order chi connectivity index (χ1) is 11.0. The van der Waals surface area contributed by atoms with Gasteiger partial charge in [0.25, 0.3) is 5.56 Å². The van der Waals surface area contributed by atoms with Gasteiger partial charge in [-0.15, -0.1) is 22.7 Å². The average molecular weight is 366 g/mol. The lowest BCUT2D eigenvalue weighted by Crippen LogP contribution is -2.14. The van der Waals surface area contributed by atoms with Crippen LogP contribution in [0.1, 0.15) is 18.7 Å². The van der Waals surface area contributed by atoms with E-state index in [2.05, 4.69) is 16.9 Å². The van der Waals surface area contributed by atoms with Gasteiger partial charge < -0.3 is 10.1 Å². The molecule has 120 valence electrons. The maximum atomic E-state index is 12.6. The van der Waals surface area contributed by atoms with Crippen LogP contribution in [-0.2, 0) is 11.2 Å². The molecule has 0 spiro atoms. The van der Waals surface area contributed by atoms with Gasteiger partial charge in [0, 0.05) is 15.3 Å². The summed E-state index contributed by atoms with van der Waals surface area (Å²) in [5, 5.41) is 11.3. The smallest absolute Gasteiger partial charge is 0.316 e. The number of aryl methyl sites for hydroxylation is 1. The van der Waals surface area contributed by atoms with Crippen LogP contribution in [0.25, 0.3) is 20.7 Å². The number of H-pyrrole nitrogens is 1. The lowest BCUT2D eigenvalue weighted by Gasteiger charge is -2.04. The highest BCUT2D eigenvalue weighted by atomic mass is 32.2. The molecule has 0 aliphatic heterocycles. The summed E-state index contributed by atoms with van der Waals surface area (Å²) in [6.45, 7) is 3.62. The summed E-state index contributed by atoms with van der Waals surface area (Å²) in [4.78, 5) is 33.5. The summed E-state index contributed by atoms with van der Waals surface area (Å²) in [7, 11) is 0. The molecule has 0 bridgehead atoms. The molecule has 8 heteroatoms. The predicted molar refractivity (Wildman–Crippen MR) is 95.9 cm³/mol. The van der Waals surface area contributed by atoms with E-state index in [0.717, 1.165) is 33.5 Å². The summed E-state index contributed by atoms with van der Waals surface area (Å²) in [6.07, 6.45) is 0.821. The Kier molecular flexibility index (Phi) is 4.56. The van der Waals surface area contributed by atoms with E-state index in [1.54, 1.807) is 18.3 Å². The van der Waals surface area contributed by atoms with Gasteiger partial charge in [0.15, 0.2) is 5.16 Å². The standard InChI is InChI=1S/C15H14N2O3S3/c1-3-8-10(9-5-4-6-21-9)11-12(18)16-15(17-13(11)23-8)22-7(2)14(19)20/h4-7H,3H2,1-2H3,(H,19,20)(H,16,17,18). The fraction of sp³-hybridized carbons (Fsp3) is 0.267. The van der Waals surface area contributed by atoms with Crippen molar-refractivity contribution in [2.75, 3.05) is 0 Å². The van der Waals surface area contributed by atoms with E-state index in [0.29, 0.717) is 15.4 Å². The first kappa shape index (κ1) is 16.2. The highest BCUT2D eigenvalue weighted by Crippen LogP contribution is 2.39. The number of aromatic nitrogens is 2. The largest absolute Gasteiger partial charge is 0.480 e. The molecule has 3 aromatic heterocycles. The predicted octanol–water partition coefficient (Wildman–Crippen LogP) is 3.84. The van der Waals surface area contributed by atoms with Crippen LogP contribution < -0.4 is 5.56 Å². The number of hydrogen-bond acceptors (Lipinski definition) is 6. The molecule has 0 aliphatic rings. The van der Waals surface area contributed by atoms with E-state index in [-0.39, 0.29) is 5.56 Å². The van der Waals surface area contributed by atoms with E-state index < -0.39 is 11.2 Å². The Labute approximate surface area is 144 Å². The van der Waals surface area contributed by atoms with Gasteiger partial charge in [-0.1, -0.05) is 24.8 Å². The highest BCUT2D eigenvalue weighted by molar-refractivity contribution is 8.00. The van der Waals surface area contributed by atoms with Crippen molar-refractivity contribution in [3.8, 4) is 10.4 Å². The molecule has 0 aliphatic carbocycles. The van der Waals surface area contributed by atoms with Gasteiger partial charge in [-0.05, 0) is 24.8 Å². The van der Waals surface area contributed by atoms with Crippen molar-refractivity contribution in [1.82, 2.24) is 9.97 Å². The topological polar surface area (TPSA) is 83.0 Å². The number of nitrogens with one attached hydrogen (secondary N) is 1.